The Morgan fingerprint density at radius 2 is 2.00 bits per heavy atom. The Hall–Kier alpha value is -1.84. The molecule has 1 aromatic carbocycles. The summed E-state index contributed by atoms with van der Waals surface area (Å²) in [7, 11) is 0. The van der Waals surface area contributed by atoms with E-state index in [-0.39, 0.29) is 16.3 Å². The third kappa shape index (κ3) is 6.43. The summed E-state index contributed by atoms with van der Waals surface area (Å²) in [5.41, 5.74) is 1.75. The van der Waals surface area contributed by atoms with E-state index < -0.39 is 31.2 Å². The Kier molecular flexibility index (Phi) is 5.94. The van der Waals surface area contributed by atoms with Crippen molar-refractivity contribution in [2.75, 3.05) is 18.5 Å². The summed E-state index contributed by atoms with van der Waals surface area (Å²) in [5, 5.41) is 11.1. The van der Waals surface area contributed by atoms with Crippen molar-refractivity contribution in [2.24, 2.45) is 0 Å². The molecule has 0 bridgehead atoms. The average Bonchev–Trinajstić information content (AvgIpc) is 2.36. The van der Waals surface area contributed by atoms with Crippen molar-refractivity contribution in [3.63, 3.8) is 0 Å². The van der Waals surface area contributed by atoms with E-state index in [2.05, 4.69) is 10.2 Å². The van der Waals surface area contributed by atoms with Gasteiger partial charge in [0.2, 0.25) is 5.91 Å². The molecule has 1 amide bonds. The van der Waals surface area contributed by atoms with E-state index in [9.17, 15) is 22.8 Å². The van der Waals surface area contributed by atoms with E-state index in [4.69, 9.17) is 16.7 Å². The van der Waals surface area contributed by atoms with Gasteiger partial charge in [0, 0.05) is 0 Å². The second-order valence-corrected chi connectivity index (χ2v) is 4.18. The minimum Gasteiger partial charge on any atom is -0.478 e. The zero-order valence-corrected chi connectivity index (χ0v) is 11.1. The van der Waals surface area contributed by atoms with Gasteiger partial charge in [-0.1, -0.05) is 11.6 Å². The topological polar surface area (TPSA) is 87.7 Å². The van der Waals surface area contributed by atoms with Gasteiger partial charge < -0.3 is 10.4 Å². The number of anilines is 1. The second-order valence-electron chi connectivity index (χ2n) is 3.77. The number of carbonyl (C=O) groups excluding carboxylic acids is 1. The summed E-state index contributed by atoms with van der Waals surface area (Å²) < 4.78 is 35.3. The Balaban J connectivity index is 2.51. The van der Waals surface area contributed by atoms with Gasteiger partial charge in [0.25, 0.3) is 0 Å². The van der Waals surface area contributed by atoms with Gasteiger partial charge in [-0.05, 0) is 18.2 Å². The van der Waals surface area contributed by atoms with E-state index in [1.54, 1.807) is 0 Å². The summed E-state index contributed by atoms with van der Waals surface area (Å²) in [6.45, 7) is -2.11. The maximum Gasteiger partial charge on any atom is 0.413 e. The zero-order chi connectivity index (χ0) is 16.0. The predicted octanol–water partition coefficient (Wildman–Crippen LogP) is 2.06. The fraction of sp³-hybridized carbons (Fsp3) is 0.273. The molecule has 0 aliphatic carbocycles. The molecule has 0 saturated carbocycles. The van der Waals surface area contributed by atoms with Crippen molar-refractivity contribution in [1.82, 2.24) is 5.48 Å². The zero-order valence-electron chi connectivity index (χ0n) is 10.3. The van der Waals surface area contributed by atoms with Crippen LogP contribution in [-0.2, 0) is 9.63 Å². The van der Waals surface area contributed by atoms with Crippen LogP contribution in [0.4, 0.5) is 18.9 Å². The number of carboxylic acid groups (broad SMARTS) is 1. The number of rotatable bonds is 6. The molecule has 0 spiro atoms. The summed E-state index contributed by atoms with van der Waals surface area (Å²) in [4.78, 5) is 26.2. The number of carboxylic acids is 1. The minimum absolute atomic E-state index is 0.0270. The van der Waals surface area contributed by atoms with Crippen LogP contribution in [0.15, 0.2) is 18.2 Å². The first kappa shape index (κ1) is 17.2. The molecule has 10 heteroatoms. The minimum atomic E-state index is -4.51. The van der Waals surface area contributed by atoms with Gasteiger partial charge in [-0.3, -0.25) is 9.63 Å². The van der Waals surface area contributed by atoms with E-state index in [0.29, 0.717) is 0 Å². The number of amides is 1. The summed E-state index contributed by atoms with van der Waals surface area (Å²) in [6.07, 6.45) is -4.51. The number of hydrogen-bond acceptors (Lipinski definition) is 4. The van der Waals surface area contributed by atoms with Gasteiger partial charge in [-0.25, -0.2) is 4.79 Å². The lowest BCUT2D eigenvalue weighted by atomic mass is 10.2. The largest absolute Gasteiger partial charge is 0.478 e. The first-order valence-corrected chi connectivity index (χ1v) is 5.81. The molecule has 0 aliphatic heterocycles. The van der Waals surface area contributed by atoms with E-state index in [1.165, 1.54) is 12.1 Å². The number of aromatic carboxylic acids is 1. The smallest absolute Gasteiger partial charge is 0.413 e. The van der Waals surface area contributed by atoms with Crippen LogP contribution in [0.3, 0.4) is 0 Å². The van der Waals surface area contributed by atoms with Gasteiger partial charge in [-0.2, -0.15) is 18.7 Å². The molecule has 6 nitrogen and oxygen atoms in total. The van der Waals surface area contributed by atoms with Gasteiger partial charge in [0.15, 0.2) is 6.61 Å². The van der Waals surface area contributed by atoms with Crippen molar-refractivity contribution in [1.29, 1.82) is 0 Å². The highest BCUT2D eigenvalue weighted by atomic mass is 35.5. The number of nitrogens with one attached hydrogen (secondary N) is 2. The summed E-state index contributed by atoms with van der Waals surface area (Å²) >= 11 is 5.76. The van der Waals surface area contributed by atoms with Crippen LogP contribution in [0.25, 0.3) is 0 Å². The molecule has 21 heavy (non-hydrogen) atoms. The van der Waals surface area contributed by atoms with Crippen LogP contribution in [0, 0.1) is 0 Å². The van der Waals surface area contributed by atoms with E-state index >= 15 is 0 Å². The fourth-order valence-electron chi connectivity index (χ4n) is 1.20. The number of hydrogen-bond donors (Lipinski definition) is 3. The highest BCUT2D eigenvalue weighted by Crippen LogP contribution is 2.23. The SMILES string of the molecule is O=C(CNOCC(F)(F)F)Nc1cc(C(=O)O)ccc1Cl. The normalized spacial score (nSPS) is 11.2. The van der Waals surface area contributed by atoms with Crippen molar-refractivity contribution < 1.29 is 32.7 Å². The van der Waals surface area contributed by atoms with Crippen molar-refractivity contribution in [3.05, 3.63) is 28.8 Å². The number of carbonyl (C=O) groups is 2. The molecule has 0 unspecified atom stereocenters. The molecule has 0 radical (unpaired) electrons. The molecule has 0 heterocycles. The van der Waals surface area contributed by atoms with E-state index in [1.807, 2.05) is 5.48 Å². The maximum atomic E-state index is 11.8. The van der Waals surface area contributed by atoms with Gasteiger partial charge in [0.1, 0.15) is 6.54 Å². The molecular weight excluding hydrogens is 317 g/mol. The van der Waals surface area contributed by atoms with Crippen LogP contribution in [0.1, 0.15) is 10.4 Å². The van der Waals surface area contributed by atoms with Crippen LogP contribution < -0.4 is 10.8 Å². The standard InChI is InChI=1S/C11H10ClF3N2O4/c12-7-2-1-6(10(19)20)3-8(7)17-9(18)4-16-21-5-11(13,14)15/h1-3,16H,4-5H2,(H,17,18)(H,19,20). The third-order valence-electron chi connectivity index (χ3n) is 2.06. The first-order chi connectivity index (χ1) is 9.69. The number of hydroxylamine groups is 1. The number of alkyl halides is 3. The summed E-state index contributed by atoms with van der Waals surface area (Å²) in [5.74, 6) is -1.96. The Morgan fingerprint density at radius 3 is 2.57 bits per heavy atom. The molecule has 116 valence electrons. The number of halogens is 4. The fourth-order valence-corrected chi connectivity index (χ4v) is 1.36. The molecule has 0 fully saturated rings. The first-order valence-electron chi connectivity index (χ1n) is 5.43. The van der Waals surface area contributed by atoms with Crippen molar-refractivity contribution in [2.45, 2.75) is 6.18 Å². The van der Waals surface area contributed by atoms with Crippen LogP contribution in [-0.4, -0.2) is 36.3 Å². The van der Waals surface area contributed by atoms with Gasteiger partial charge in [-0.15, -0.1) is 0 Å². The van der Waals surface area contributed by atoms with Crippen LogP contribution >= 0.6 is 11.6 Å². The summed E-state index contributed by atoms with van der Waals surface area (Å²) in [6, 6.07) is 3.64. The molecule has 1 aromatic rings. The maximum absolute atomic E-state index is 11.8. The van der Waals surface area contributed by atoms with E-state index in [0.717, 1.165) is 6.07 Å². The quantitative estimate of drug-likeness (QED) is 0.550. The lowest BCUT2D eigenvalue weighted by Crippen LogP contribution is -2.31. The average molecular weight is 327 g/mol. The van der Waals surface area contributed by atoms with Gasteiger partial charge >= 0.3 is 12.1 Å². The third-order valence-corrected chi connectivity index (χ3v) is 2.39. The van der Waals surface area contributed by atoms with Crippen LogP contribution in [0.5, 0.6) is 0 Å². The molecule has 0 atom stereocenters. The highest BCUT2D eigenvalue weighted by molar-refractivity contribution is 6.33. The lowest BCUT2D eigenvalue weighted by molar-refractivity contribution is -0.189. The highest BCUT2D eigenvalue weighted by Gasteiger charge is 2.27. The molecule has 0 saturated heterocycles. The monoisotopic (exact) mass is 326 g/mol. The van der Waals surface area contributed by atoms with Crippen LogP contribution in [0.2, 0.25) is 5.02 Å². The second kappa shape index (κ2) is 7.25. The predicted molar refractivity (Wildman–Crippen MR) is 67.1 cm³/mol. The molecule has 3 N–H and O–H groups in total. The molecule has 1 rings (SSSR count). The lowest BCUT2D eigenvalue weighted by Gasteiger charge is -2.10. The van der Waals surface area contributed by atoms with Gasteiger partial charge in [0.05, 0.1) is 16.3 Å². The van der Waals surface area contributed by atoms with Crippen molar-refractivity contribution >= 4 is 29.2 Å². The van der Waals surface area contributed by atoms with Crippen molar-refractivity contribution in [3.8, 4) is 0 Å². The molecule has 0 aliphatic rings. The Morgan fingerprint density at radius 1 is 1.33 bits per heavy atom. The Bertz CT molecular complexity index is 537. The molecule has 0 aromatic heterocycles. The Labute approximate surface area is 121 Å². The number of benzene rings is 1. The molecular formula is C11H10ClF3N2O4.